The van der Waals surface area contributed by atoms with E-state index in [0.717, 1.165) is 21.0 Å². The molecule has 3 aromatic carbocycles. The topological polar surface area (TPSA) is 81.0 Å². The number of carbonyl (C=O) groups excluding carboxylic acids is 1. The van der Waals surface area contributed by atoms with Crippen molar-refractivity contribution in [2.75, 3.05) is 13.7 Å². The summed E-state index contributed by atoms with van der Waals surface area (Å²) in [5.41, 5.74) is 0.986. The number of aryl methyl sites for hydroxylation is 1. The first-order valence-corrected chi connectivity index (χ1v) is 12.9. The Morgan fingerprint density at radius 2 is 1.85 bits per heavy atom. The van der Waals surface area contributed by atoms with Crippen LogP contribution in [-0.4, -0.2) is 42.9 Å². The van der Waals surface area contributed by atoms with Gasteiger partial charge in [0.05, 0.1) is 22.2 Å². The Kier molecular flexibility index (Phi) is 5.55. The molecule has 170 valence electrons. The maximum absolute atomic E-state index is 13.2. The monoisotopic (exact) mass is 481 g/mol. The van der Waals surface area contributed by atoms with E-state index >= 15 is 0 Å². The largest absolute Gasteiger partial charge is 0.497 e. The Balaban J connectivity index is 1.51. The minimum Gasteiger partial charge on any atom is -0.497 e. The summed E-state index contributed by atoms with van der Waals surface area (Å²) in [6.07, 6.45) is 1.07. The van der Waals surface area contributed by atoms with E-state index in [-0.39, 0.29) is 4.90 Å². The van der Waals surface area contributed by atoms with Crippen LogP contribution < -0.4 is 9.54 Å². The standard InChI is InChI=1S/C24H23N3O4S2/c1-26-20-14-9-16-6-3-4-7-19(16)22(20)32-24(26)25-23(28)21-8-5-15-27(21)33(29,30)18-12-10-17(31-2)11-13-18/h3-4,6-7,9-14,21H,5,8,15H2,1-2H3. The van der Waals surface area contributed by atoms with Crippen molar-refractivity contribution in [3.05, 3.63) is 65.5 Å². The van der Waals surface area contributed by atoms with Crippen LogP contribution in [0.4, 0.5) is 0 Å². The summed E-state index contributed by atoms with van der Waals surface area (Å²) in [5.74, 6) is 0.138. The second-order valence-electron chi connectivity index (χ2n) is 7.98. The van der Waals surface area contributed by atoms with Crippen LogP contribution >= 0.6 is 11.3 Å². The molecule has 7 nitrogen and oxygen atoms in total. The highest BCUT2D eigenvalue weighted by molar-refractivity contribution is 7.89. The maximum atomic E-state index is 13.2. The van der Waals surface area contributed by atoms with Crippen molar-refractivity contribution in [2.24, 2.45) is 12.0 Å². The first kappa shape index (κ1) is 21.8. The fourth-order valence-corrected chi connectivity index (χ4v) is 7.10. The molecule has 33 heavy (non-hydrogen) atoms. The summed E-state index contributed by atoms with van der Waals surface area (Å²) in [5, 5.41) is 2.23. The van der Waals surface area contributed by atoms with Gasteiger partial charge in [-0.1, -0.05) is 41.7 Å². The van der Waals surface area contributed by atoms with Crippen LogP contribution in [0.15, 0.2) is 70.6 Å². The smallest absolute Gasteiger partial charge is 0.266 e. The van der Waals surface area contributed by atoms with Crippen LogP contribution in [-0.2, 0) is 21.9 Å². The number of hydrogen-bond acceptors (Lipinski definition) is 5. The van der Waals surface area contributed by atoms with Crippen LogP contribution in [0.3, 0.4) is 0 Å². The summed E-state index contributed by atoms with van der Waals surface area (Å²) in [7, 11) is -0.420. The van der Waals surface area contributed by atoms with E-state index in [2.05, 4.69) is 23.2 Å². The summed E-state index contributed by atoms with van der Waals surface area (Å²) < 4.78 is 35.8. The Morgan fingerprint density at radius 1 is 1.09 bits per heavy atom. The zero-order valence-electron chi connectivity index (χ0n) is 18.3. The Hall–Kier alpha value is -3.01. The fourth-order valence-electron chi connectivity index (χ4n) is 4.29. The van der Waals surface area contributed by atoms with Crippen LogP contribution in [0.2, 0.25) is 0 Å². The van der Waals surface area contributed by atoms with E-state index in [4.69, 9.17) is 4.74 Å². The van der Waals surface area contributed by atoms with E-state index in [1.165, 1.54) is 34.9 Å². The van der Waals surface area contributed by atoms with Crippen LogP contribution in [0.5, 0.6) is 5.75 Å². The van der Waals surface area contributed by atoms with Gasteiger partial charge in [0.25, 0.3) is 5.91 Å². The number of methoxy groups -OCH3 is 1. The molecule has 0 radical (unpaired) electrons. The molecule has 0 N–H and O–H groups in total. The molecule has 1 saturated heterocycles. The number of amides is 1. The van der Waals surface area contributed by atoms with Crippen LogP contribution in [0, 0.1) is 0 Å². The molecule has 1 aliphatic heterocycles. The van der Waals surface area contributed by atoms with Gasteiger partial charge in [0.2, 0.25) is 10.0 Å². The molecule has 1 unspecified atom stereocenters. The Morgan fingerprint density at radius 3 is 2.61 bits per heavy atom. The molecule has 1 aromatic heterocycles. The van der Waals surface area contributed by atoms with Gasteiger partial charge < -0.3 is 9.30 Å². The number of ether oxygens (including phenoxy) is 1. The molecule has 0 bridgehead atoms. The Labute approximate surface area is 195 Å². The summed E-state index contributed by atoms with van der Waals surface area (Å²) in [6, 6.07) is 17.6. The molecule has 1 amide bonds. The van der Waals surface area contributed by atoms with Gasteiger partial charge in [-0.25, -0.2) is 8.42 Å². The molecule has 1 aliphatic rings. The van der Waals surface area contributed by atoms with Crippen LogP contribution in [0.1, 0.15) is 12.8 Å². The average molecular weight is 482 g/mol. The third-order valence-electron chi connectivity index (χ3n) is 6.06. The van der Waals surface area contributed by atoms with E-state index < -0.39 is 22.0 Å². The molecule has 0 spiro atoms. The summed E-state index contributed by atoms with van der Waals surface area (Å²) >= 11 is 1.44. The minimum atomic E-state index is -3.82. The lowest BCUT2D eigenvalue weighted by Gasteiger charge is -2.21. The lowest BCUT2D eigenvalue weighted by atomic mass is 10.1. The van der Waals surface area contributed by atoms with Gasteiger partial charge in [0.1, 0.15) is 11.8 Å². The minimum absolute atomic E-state index is 0.141. The van der Waals surface area contributed by atoms with E-state index in [1.54, 1.807) is 12.1 Å². The first-order valence-electron chi connectivity index (χ1n) is 10.6. The molecule has 0 aliphatic carbocycles. The van der Waals surface area contributed by atoms with Gasteiger partial charge in [-0.15, -0.1) is 0 Å². The summed E-state index contributed by atoms with van der Waals surface area (Å²) in [6.45, 7) is 0.295. The number of nitrogens with zero attached hydrogens (tertiary/aromatic N) is 3. The van der Waals surface area contributed by atoms with E-state index in [9.17, 15) is 13.2 Å². The van der Waals surface area contributed by atoms with Crippen molar-refractivity contribution in [1.29, 1.82) is 0 Å². The van der Waals surface area contributed by atoms with Gasteiger partial charge in [0, 0.05) is 19.0 Å². The highest BCUT2D eigenvalue weighted by atomic mass is 32.2. The molecule has 2 heterocycles. The number of sulfonamides is 1. The summed E-state index contributed by atoms with van der Waals surface area (Å²) in [4.78, 5) is 18.3. The lowest BCUT2D eigenvalue weighted by Crippen LogP contribution is -2.40. The molecular weight excluding hydrogens is 458 g/mol. The quantitative estimate of drug-likeness (QED) is 0.445. The highest BCUT2D eigenvalue weighted by Crippen LogP contribution is 2.29. The molecule has 9 heteroatoms. The number of aromatic nitrogens is 1. The van der Waals surface area contributed by atoms with Gasteiger partial charge in [-0.2, -0.15) is 9.30 Å². The number of carbonyl (C=O) groups is 1. The van der Waals surface area contributed by atoms with Gasteiger partial charge in [-0.3, -0.25) is 4.79 Å². The average Bonchev–Trinajstić information content (AvgIpc) is 3.45. The molecular formula is C24H23N3O4S2. The zero-order chi connectivity index (χ0) is 23.2. The predicted octanol–water partition coefficient (Wildman–Crippen LogP) is 3.68. The molecule has 1 fully saturated rings. The van der Waals surface area contributed by atoms with Crippen molar-refractivity contribution in [1.82, 2.24) is 8.87 Å². The second kappa shape index (κ2) is 8.40. The molecule has 0 saturated carbocycles. The third kappa shape index (κ3) is 3.76. The number of benzene rings is 3. The van der Waals surface area contributed by atoms with Gasteiger partial charge >= 0.3 is 0 Å². The van der Waals surface area contributed by atoms with Gasteiger partial charge in [-0.05, 0) is 48.6 Å². The zero-order valence-corrected chi connectivity index (χ0v) is 19.9. The molecule has 1 atom stereocenters. The fraction of sp³-hybridized carbons (Fsp3) is 0.250. The number of rotatable bonds is 4. The third-order valence-corrected chi connectivity index (χ3v) is 9.16. The van der Waals surface area contributed by atoms with Crippen molar-refractivity contribution in [3.8, 4) is 5.75 Å². The highest BCUT2D eigenvalue weighted by Gasteiger charge is 2.39. The van der Waals surface area contributed by atoms with E-state index in [0.29, 0.717) is 29.9 Å². The normalized spacial score (nSPS) is 17.8. The molecule has 5 rings (SSSR count). The van der Waals surface area contributed by atoms with Crippen molar-refractivity contribution in [3.63, 3.8) is 0 Å². The van der Waals surface area contributed by atoms with Crippen LogP contribution in [0.25, 0.3) is 21.0 Å². The Bertz CT molecular complexity index is 1540. The SMILES string of the molecule is COc1ccc(S(=O)(=O)N2CCCC2C(=O)N=c2sc3c4ccccc4ccc3n2C)cc1. The first-order chi connectivity index (χ1) is 15.9. The van der Waals surface area contributed by atoms with Crippen molar-refractivity contribution < 1.29 is 17.9 Å². The number of thiazole rings is 1. The van der Waals surface area contributed by atoms with E-state index in [1.807, 2.05) is 29.8 Å². The van der Waals surface area contributed by atoms with Crippen molar-refractivity contribution >= 4 is 48.3 Å². The van der Waals surface area contributed by atoms with Crippen molar-refractivity contribution in [2.45, 2.75) is 23.8 Å². The van der Waals surface area contributed by atoms with Gasteiger partial charge in [0.15, 0.2) is 4.80 Å². The lowest BCUT2D eigenvalue weighted by molar-refractivity contribution is -0.121. The maximum Gasteiger partial charge on any atom is 0.266 e. The number of fused-ring (bicyclic) bond motifs is 3. The second-order valence-corrected chi connectivity index (χ2v) is 10.8. The molecule has 4 aromatic rings. The predicted molar refractivity (Wildman–Crippen MR) is 129 cm³/mol. The number of hydrogen-bond donors (Lipinski definition) is 0.